The van der Waals surface area contributed by atoms with E-state index in [1.54, 1.807) is 6.42 Å². The second kappa shape index (κ2) is 5.04. The Morgan fingerprint density at radius 1 is 1.16 bits per heavy atom. The largest absolute Gasteiger partial charge is 0.311 e. The van der Waals surface area contributed by atoms with Gasteiger partial charge >= 0.3 is 0 Å². The smallest absolute Gasteiger partial charge is 0.0244 e. The third-order valence-electron chi connectivity index (χ3n) is 6.10. The zero-order valence-corrected chi connectivity index (χ0v) is 13.3. The molecule has 5 atom stereocenters. The first-order valence-electron chi connectivity index (χ1n) is 8.41. The van der Waals surface area contributed by atoms with Crippen molar-refractivity contribution in [1.82, 2.24) is 10.2 Å². The van der Waals surface area contributed by atoms with Crippen molar-refractivity contribution in [2.75, 3.05) is 19.6 Å². The first-order chi connectivity index (χ1) is 8.93. The molecule has 2 nitrogen and oxygen atoms in total. The van der Waals surface area contributed by atoms with E-state index in [2.05, 4.69) is 37.9 Å². The van der Waals surface area contributed by atoms with Gasteiger partial charge in [-0.2, -0.15) is 0 Å². The van der Waals surface area contributed by atoms with E-state index < -0.39 is 0 Å². The van der Waals surface area contributed by atoms with Gasteiger partial charge in [0, 0.05) is 31.7 Å². The van der Waals surface area contributed by atoms with Crippen molar-refractivity contribution < 1.29 is 0 Å². The van der Waals surface area contributed by atoms with E-state index in [1.807, 2.05) is 0 Å². The topological polar surface area (TPSA) is 15.3 Å². The molecular formula is C17H32N2. The molecule has 0 aromatic heterocycles. The van der Waals surface area contributed by atoms with Crippen LogP contribution in [0.15, 0.2) is 0 Å². The van der Waals surface area contributed by atoms with E-state index in [1.165, 1.54) is 38.9 Å². The molecule has 0 radical (unpaired) electrons. The van der Waals surface area contributed by atoms with Gasteiger partial charge in [-0.15, -0.1) is 0 Å². The monoisotopic (exact) mass is 264 g/mol. The molecule has 0 aromatic carbocycles. The Balaban J connectivity index is 1.59. The Labute approximate surface area is 119 Å². The lowest BCUT2D eigenvalue weighted by atomic mass is 9.83. The first kappa shape index (κ1) is 13.9. The number of fused-ring (bicyclic) bond motifs is 2. The molecule has 2 heteroatoms. The summed E-state index contributed by atoms with van der Waals surface area (Å²) < 4.78 is 0. The van der Waals surface area contributed by atoms with Crippen LogP contribution in [0, 0.1) is 23.2 Å². The Morgan fingerprint density at radius 3 is 2.53 bits per heavy atom. The van der Waals surface area contributed by atoms with Crippen molar-refractivity contribution in [2.24, 2.45) is 23.2 Å². The van der Waals surface area contributed by atoms with Crippen LogP contribution >= 0.6 is 0 Å². The number of rotatable bonds is 2. The van der Waals surface area contributed by atoms with Crippen LogP contribution < -0.4 is 5.32 Å². The van der Waals surface area contributed by atoms with Gasteiger partial charge in [0.25, 0.3) is 0 Å². The third kappa shape index (κ3) is 2.85. The van der Waals surface area contributed by atoms with Gasteiger partial charge in [0.2, 0.25) is 0 Å². The molecule has 19 heavy (non-hydrogen) atoms. The molecule has 110 valence electrons. The molecule has 3 fully saturated rings. The number of hydrogen-bond donors (Lipinski definition) is 1. The first-order valence-corrected chi connectivity index (χ1v) is 8.41. The van der Waals surface area contributed by atoms with E-state index in [9.17, 15) is 0 Å². The lowest BCUT2D eigenvalue weighted by Crippen LogP contribution is -2.60. The summed E-state index contributed by atoms with van der Waals surface area (Å²) in [6.07, 6.45) is 6.14. The number of nitrogens with zero attached hydrogens (tertiary/aromatic N) is 1. The summed E-state index contributed by atoms with van der Waals surface area (Å²) in [5, 5.41) is 3.76. The highest BCUT2D eigenvalue weighted by Gasteiger charge is 2.41. The fraction of sp³-hybridized carbons (Fsp3) is 1.00. The van der Waals surface area contributed by atoms with Crippen molar-refractivity contribution in [3.63, 3.8) is 0 Å². The second-order valence-corrected chi connectivity index (χ2v) is 8.56. The summed E-state index contributed by atoms with van der Waals surface area (Å²) in [6.45, 7) is 13.3. The average molecular weight is 264 g/mol. The van der Waals surface area contributed by atoms with Gasteiger partial charge in [0.05, 0.1) is 0 Å². The molecule has 1 N–H and O–H groups in total. The normalized spacial score (nSPS) is 43.9. The van der Waals surface area contributed by atoms with E-state index in [4.69, 9.17) is 0 Å². The zero-order chi connectivity index (χ0) is 13.6. The van der Waals surface area contributed by atoms with Gasteiger partial charge in [0.1, 0.15) is 0 Å². The molecule has 2 aliphatic carbocycles. The van der Waals surface area contributed by atoms with Gasteiger partial charge in [0.15, 0.2) is 0 Å². The van der Waals surface area contributed by atoms with Crippen molar-refractivity contribution in [3.8, 4) is 0 Å². The molecule has 5 unspecified atom stereocenters. The minimum absolute atomic E-state index is 0.382. The minimum atomic E-state index is 0.382. The van der Waals surface area contributed by atoms with Crippen LogP contribution in [0.2, 0.25) is 0 Å². The van der Waals surface area contributed by atoms with Crippen LogP contribution in [-0.2, 0) is 0 Å². The molecule has 3 aliphatic rings. The van der Waals surface area contributed by atoms with Crippen LogP contribution in [0.4, 0.5) is 0 Å². The van der Waals surface area contributed by atoms with Gasteiger partial charge in [-0.25, -0.2) is 0 Å². The summed E-state index contributed by atoms with van der Waals surface area (Å²) in [5.74, 6) is 3.17. The molecule has 0 aromatic rings. The quantitative estimate of drug-likeness (QED) is 0.824. The lowest BCUT2D eigenvalue weighted by Gasteiger charge is -2.45. The molecule has 1 aliphatic heterocycles. The maximum atomic E-state index is 3.76. The maximum absolute atomic E-state index is 3.76. The summed E-state index contributed by atoms with van der Waals surface area (Å²) in [7, 11) is 0. The predicted octanol–water partition coefficient (Wildman–Crippen LogP) is 3.13. The molecule has 3 rings (SSSR count). The van der Waals surface area contributed by atoms with Crippen LogP contribution in [0.1, 0.15) is 53.4 Å². The van der Waals surface area contributed by atoms with Gasteiger partial charge in [-0.05, 0) is 49.4 Å². The van der Waals surface area contributed by atoms with Gasteiger partial charge < -0.3 is 5.32 Å². The minimum Gasteiger partial charge on any atom is -0.311 e. The van der Waals surface area contributed by atoms with Crippen LogP contribution in [0.5, 0.6) is 0 Å². The third-order valence-corrected chi connectivity index (χ3v) is 6.10. The van der Waals surface area contributed by atoms with Crippen LogP contribution in [0.3, 0.4) is 0 Å². The highest BCUT2D eigenvalue weighted by molar-refractivity contribution is 4.95. The summed E-state index contributed by atoms with van der Waals surface area (Å²) >= 11 is 0. The Hall–Kier alpha value is -0.0800. The fourth-order valence-corrected chi connectivity index (χ4v) is 4.66. The average Bonchev–Trinajstić information content (AvgIpc) is 2.92. The van der Waals surface area contributed by atoms with E-state index in [0.29, 0.717) is 11.5 Å². The predicted molar refractivity (Wildman–Crippen MR) is 81.2 cm³/mol. The number of hydrogen-bond acceptors (Lipinski definition) is 2. The second-order valence-electron chi connectivity index (χ2n) is 8.56. The molecule has 0 amide bonds. The fourth-order valence-electron chi connectivity index (χ4n) is 4.66. The zero-order valence-electron chi connectivity index (χ0n) is 13.3. The molecule has 2 bridgehead atoms. The van der Waals surface area contributed by atoms with Crippen molar-refractivity contribution in [2.45, 2.75) is 65.5 Å². The van der Waals surface area contributed by atoms with Gasteiger partial charge in [-0.3, -0.25) is 4.90 Å². The molecule has 1 heterocycles. The summed E-state index contributed by atoms with van der Waals surface area (Å²) in [5.41, 5.74) is 0.382. The maximum Gasteiger partial charge on any atom is 0.0244 e. The van der Waals surface area contributed by atoms with Gasteiger partial charge in [-0.1, -0.05) is 27.2 Å². The SMILES string of the molecule is CC1CNC(C(C)(C)C)CN1CC1CC2CCC1C2. The van der Waals surface area contributed by atoms with Crippen molar-refractivity contribution in [3.05, 3.63) is 0 Å². The highest BCUT2D eigenvalue weighted by Crippen LogP contribution is 2.48. The Bertz CT molecular complexity index is 320. The summed E-state index contributed by atoms with van der Waals surface area (Å²) in [4.78, 5) is 2.79. The molecule has 0 spiro atoms. The lowest BCUT2D eigenvalue weighted by molar-refractivity contribution is 0.0699. The molecule has 2 saturated carbocycles. The summed E-state index contributed by atoms with van der Waals surface area (Å²) in [6, 6.07) is 1.38. The van der Waals surface area contributed by atoms with Crippen LogP contribution in [-0.4, -0.2) is 36.6 Å². The standard InChI is InChI=1S/C17H32N2/c1-12-9-18-16(17(2,3)4)11-19(12)10-15-8-13-5-6-14(15)7-13/h12-16,18H,5-11H2,1-4H3. The Morgan fingerprint density at radius 2 is 1.95 bits per heavy atom. The van der Waals surface area contributed by atoms with Crippen molar-refractivity contribution >= 4 is 0 Å². The number of nitrogens with one attached hydrogen (secondary N) is 1. The van der Waals surface area contributed by atoms with Crippen LogP contribution in [0.25, 0.3) is 0 Å². The van der Waals surface area contributed by atoms with E-state index in [0.717, 1.165) is 23.8 Å². The number of piperazine rings is 1. The Kier molecular flexibility index (Phi) is 3.68. The van der Waals surface area contributed by atoms with E-state index in [-0.39, 0.29) is 0 Å². The highest BCUT2D eigenvalue weighted by atomic mass is 15.2. The van der Waals surface area contributed by atoms with E-state index >= 15 is 0 Å². The molecule has 1 saturated heterocycles. The molecular weight excluding hydrogens is 232 g/mol. The van der Waals surface area contributed by atoms with Crippen molar-refractivity contribution in [1.29, 1.82) is 0 Å².